The Kier molecular flexibility index (Phi) is 5.10. The van der Waals surface area contributed by atoms with Crippen molar-refractivity contribution in [2.24, 2.45) is 0 Å². The van der Waals surface area contributed by atoms with Gasteiger partial charge in [0.05, 0.1) is 7.11 Å². The first kappa shape index (κ1) is 14.5. The van der Waals surface area contributed by atoms with Gasteiger partial charge < -0.3 is 4.74 Å². The Morgan fingerprint density at radius 1 is 1.44 bits per heavy atom. The van der Waals surface area contributed by atoms with Crippen LogP contribution in [0.4, 0.5) is 0 Å². The summed E-state index contributed by atoms with van der Waals surface area (Å²) in [4.78, 5) is 11.8. The molecule has 0 spiro atoms. The minimum absolute atomic E-state index is 0.256. The van der Waals surface area contributed by atoms with Crippen LogP contribution in [-0.2, 0) is 16.0 Å². The number of rotatable bonds is 6. The van der Waals surface area contributed by atoms with Crippen molar-refractivity contribution in [2.75, 3.05) is 7.11 Å². The minimum Gasteiger partial charge on any atom is -0.468 e. The predicted molar refractivity (Wildman–Crippen MR) is 73.4 cm³/mol. The third-order valence-electron chi connectivity index (χ3n) is 2.82. The molecule has 0 aromatic heterocycles. The molecule has 3 nitrogen and oxygen atoms in total. The van der Waals surface area contributed by atoms with Gasteiger partial charge in [-0.25, -0.2) is 0 Å². The fourth-order valence-corrected chi connectivity index (χ4v) is 1.69. The fourth-order valence-electron chi connectivity index (χ4n) is 1.69. The van der Waals surface area contributed by atoms with E-state index in [4.69, 9.17) is 4.74 Å². The summed E-state index contributed by atoms with van der Waals surface area (Å²) in [7, 11) is 1.41. The lowest BCUT2D eigenvalue weighted by molar-refractivity contribution is -0.143. The molecule has 3 heteroatoms. The largest absolute Gasteiger partial charge is 0.468 e. The van der Waals surface area contributed by atoms with Gasteiger partial charge in [0.1, 0.15) is 6.04 Å². The Hall–Kier alpha value is -1.61. The standard InChI is InChI=1S/C15H21NO2/c1-5-15(2,3)16-13(14(17)18-4)11-12-9-7-6-8-10-12/h5-10,13,16H,1,11H2,2-4H3/t13-/m0/s1. The first-order valence-electron chi connectivity index (χ1n) is 6.01. The molecule has 0 bridgehead atoms. The van der Waals surface area contributed by atoms with Crippen LogP contribution in [0.15, 0.2) is 43.0 Å². The normalized spacial score (nSPS) is 12.8. The maximum absolute atomic E-state index is 11.8. The highest BCUT2D eigenvalue weighted by Crippen LogP contribution is 2.10. The quantitative estimate of drug-likeness (QED) is 0.619. The molecule has 0 heterocycles. The molecule has 0 amide bonds. The van der Waals surface area contributed by atoms with Crippen molar-refractivity contribution >= 4 is 5.97 Å². The molecule has 1 rings (SSSR count). The van der Waals surface area contributed by atoms with Gasteiger partial charge >= 0.3 is 5.97 Å². The molecule has 0 aliphatic carbocycles. The number of esters is 1. The highest BCUT2D eigenvalue weighted by molar-refractivity contribution is 5.76. The van der Waals surface area contributed by atoms with Crippen LogP contribution in [0.5, 0.6) is 0 Å². The maximum atomic E-state index is 11.8. The average Bonchev–Trinajstić information content (AvgIpc) is 2.38. The van der Waals surface area contributed by atoms with Crippen LogP contribution in [0.25, 0.3) is 0 Å². The second-order valence-electron chi connectivity index (χ2n) is 4.84. The van der Waals surface area contributed by atoms with Crippen LogP contribution in [0.2, 0.25) is 0 Å². The number of hydrogen-bond donors (Lipinski definition) is 1. The fraction of sp³-hybridized carbons (Fsp3) is 0.400. The van der Waals surface area contributed by atoms with E-state index < -0.39 is 0 Å². The van der Waals surface area contributed by atoms with E-state index >= 15 is 0 Å². The third-order valence-corrected chi connectivity index (χ3v) is 2.82. The second-order valence-corrected chi connectivity index (χ2v) is 4.84. The van der Waals surface area contributed by atoms with Gasteiger partial charge in [-0.1, -0.05) is 36.4 Å². The van der Waals surface area contributed by atoms with Gasteiger partial charge in [0.2, 0.25) is 0 Å². The van der Waals surface area contributed by atoms with Crippen molar-refractivity contribution in [3.05, 3.63) is 48.6 Å². The molecule has 0 saturated heterocycles. The van der Waals surface area contributed by atoms with Crippen LogP contribution in [0.1, 0.15) is 19.4 Å². The number of nitrogens with one attached hydrogen (secondary N) is 1. The summed E-state index contributed by atoms with van der Waals surface area (Å²) in [5.41, 5.74) is 0.786. The molecule has 98 valence electrons. The summed E-state index contributed by atoms with van der Waals surface area (Å²) in [5.74, 6) is -0.256. The Labute approximate surface area is 109 Å². The predicted octanol–water partition coefficient (Wildman–Crippen LogP) is 2.32. The van der Waals surface area contributed by atoms with Crippen LogP contribution in [0.3, 0.4) is 0 Å². The molecule has 1 aromatic carbocycles. The van der Waals surface area contributed by atoms with Crippen molar-refractivity contribution in [3.63, 3.8) is 0 Å². The molecule has 1 N–H and O–H groups in total. The zero-order valence-corrected chi connectivity index (χ0v) is 11.3. The minimum atomic E-state index is -0.370. The van der Waals surface area contributed by atoms with Gasteiger partial charge in [-0.3, -0.25) is 10.1 Å². The van der Waals surface area contributed by atoms with Gasteiger partial charge in [-0.2, -0.15) is 0 Å². The van der Waals surface area contributed by atoms with Crippen LogP contribution >= 0.6 is 0 Å². The van der Waals surface area contributed by atoms with E-state index in [1.54, 1.807) is 6.08 Å². The van der Waals surface area contributed by atoms with Gasteiger partial charge in [0.15, 0.2) is 0 Å². The Morgan fingerprint density at radius 3 is 2.56 bits per heavy atom. The molecule has 0 fully saturated rings. The first-order valence-corrected chi connectivity index (χ1v) is 6.01. The molecule has 0 radical (unpaired) electrons. The lowest BCUT2D eigenvalue weighted by atomic mass is 10.00. The maximum Gasteiger partial charge on any atom is 0.323 e. The van der Waals surface area contributed by atoms with Crippen LogP contribution in [0, 0.1) is 0 Å². The van der Waals surface area contributed by atoms with Gasteiger partial charge in [-0.15, -0.1) is 6.58 Å². The van der Waals surface area contributed by atoms with Gasteiger partial charge in [0.25, 0.3) is 0 Å². The molecular weight excluding hydrogens is 226 g/mol. The Bertz CT molecular complexity index is 398. The molecule has 0 aliphatic heterocycles. The Balaban J connectivity index is 2.80. The number of hydrogen-bond acceptors (Lipinski definition) is 3. The van der Waals surface area contributed by atoms with E-state index in [0.717, 1.165) is 5.56 Å². The van der Waals surface area contributed by atoms with E-state index in [2.05, 4.69) is 11.9 Å². The number of methoxy groups -OCH3 is 1. The molecule has 0 unspecified atom stereocenters. The highest BCUT2D eigenvalue weighted by atomic mass is 16.5. The van der Waals surface area contributed by atoms with E-state index in [0.29, 0.717) is 6.42 Å². The van der Waals surface area contributed by atoms with Crippen molar-refractivity contribution in [1.82, 2.24) is 5.32 Å². The molecule has 0 saturated carbocycles. The summed E-state index contributed by atoms with van der Waals surface area (Å²) in [6, 6.07) is 9.50. The number of carbonyl (C=O) groups is 1. The highest BCUT2D eigenvalue weighted by Gasteiger charge is 2.25. The van der Waals surface area contributed by atoms with Crippen molar-refractivity contribution in [3.8, 4) is 0 Å². The first-order chi connectivity index (χ1) is 8.48. The summed E-state index contributed by atoms with van der Waals surface area (Å²) < 4.78 is 4.84. The van der Waals surface area contributed by atoms with Crippen molar-refractivity contribution in [1.29, 1.82) is 0 Å². The topological polar surface area (TPSA) is 38.3 Å². The monoisotopic (exact) mass is 247 g/mol. The molecular formula is C15H21NO2. The van der Waals surface area contributed by atoms with E-state index in [9.17, 15) is 4.79 Å². The zero-order valence-electron chi connectivity index (χ0n) is 11.3. The molecule has 18 heavy (non-hydrogen) atoms. The number of carbonyl (C=O) groups excluding carboxylic acids is 1. The van der Waals surface area contributed by atoms with E-state index in [-0.39, 0.29) is 17.6 Å². The van der Waals surface area contributed by atoms with E-state index in [1.165, 1.54) is 7.11 Å². The molecule has 0 aliphatic rings. The molecule has 1 atom stereocenters. The summed E-state index contributed by atoms with van der Waals surface area (Å²) >= 11 is 0. The smallest absolute Gasteiger partial charge is 0.323 e. The average molecular weight is 247 g/mol. The van der Waals surface area contributed by atoms with E-state index in [1.807, 2.05) is 44.2 Å². The lowest BCUT2D eigenvalue weighted by Crippen LogP contribution is -2.49. The molecule has 1 aromatic rings. The van der Waals surface area contributed by atoms with Crippen molar-refractivity contribution < 1.29 is 9.53 Å². The third kappa shape index (κ3) is 4.34. The lowest BCUT2D eigenvalue weighted by Gasteiger charge is -2.27. The summed E-state index contributed by atoms with van der Waals surface area (Å²) in [6.45, 7) is 7.71. The number of ether oxygens (including phenoxy) is 1. The van der Waals surface area contributed by atoms with Crippen LogP contribution < -0.4 is 5.32 Å². The Morgan fingerprint density at radius 2 is 2.06 bits per heavy atom. The summed E-state index contributed by atoms with van der Waals surface area (Å²) in [6.07, 6.45) is 2.39. The zero-order chi connectivity index (χ0) is 13.6. The van der Waals surface area contributed by atoms with Gasteiger partial charge in [0, 0.05) is 5.54 Å². The second kappa shape index (κ2) is 6.36. The SMILES string of the molecule is C=CC(C)(C)N[C@@H](Cc1ccccc1)C(=O)OC. The van der Waals surface area contributed by atoms with Crippen molar-refractivity contribution in [2.45, 2.75) is 31.8 Å². The number of benzene rings is 1. The van der Waals surface area contributed by atoms with Gasteiger partial charge in [-0.05, 0) is 25.8 Å². The van der Waals surface area contributed by atoms with Crippen LogP contribution in [-0.4, -0.2) is 24.7 Å². The summed E-state index contributed by atoms with van der Waals surface area (Å²) in [5, 5.41) is 3.25.